The molecule has 0 aliphatic carbocycles. The minimum absolute atomic E-state index is 0.0376. The molecule has 0 N–H and O–H groups in total. The van der Waals surface area contributed by atoms with Gasteiger partial charge in [-0.05, 0) is 35.9 Å². The molecule has 35 heavy (non-hydrogen) atoms. The molecule has 4 aromatic rings. The number of ether oxygens (including phenoxy) is 1. The van der Waals surface area contributed by atoms with Crippen LogP contribution in [0, 0.1) is 0 Å². The topological polar surface area (TPSA) is 49.9 Å². The van der Waals surface area contributed by atoms with Gasteiger partial charge in [0.2, 0.25) is 0 Å². The lowest BCUT2D eigenvalue weighted by molar-refractivity contribution is 0.0375. The Kier molecular flexibility index (Phi) is 5.10. The first-order valence-electron chi connectivity index (χ1n) is 11.8. The van der Waals surface area contributed by atoms with Crippen LogP contribution in [0.15, 0.2) is 109 Å². The van der Waals surface area contributed by atoms with Crippen molar-refractivity contribution in [3.8, 4) is 5.75 Å². The summed E-state index contributed by atoms with van der Waals surface area (Å²) in [6, 6.07) is 34.7. The zero-order chi connectivity index (χ0) is 23.8. The Bertz CT molecular complexity index is 1390. The highest BCUT2D eigenvalue weighted by Gasteiger charge is 2.59. The molecule has 2 amide bonds. The lowest BCUT2D eigenvalue weighted by Gasteiger charge is -2.40. The van der Waals surface area contributed by atoms with Crippen molar-refractivity contribution < 1.29 is 14.3 Å². The van der Waals surface area contributed by atoms with Gasteiger partial charge in [0, 0.05) is 35.3 Å². The highest BCUT2D eigenvalue weighted by Crippen LogP contribution is 2.49. The van der Waals surface area contributed by atoms with Crippen molar-refractivity contribution in [2.45, 2.75) is 12.3 Å². The van der Waals surface area contributed by atoms with Gasteiger partial charge in [0.1, 0.15) is 12.4 Å². The molecular weight excluding hydrogens is 436 g/mol. The lowest BCUT2D eigenvalue weighted by atomic mass is 9.89. The van der Waals surface area contributed by atoms with E-state index in [-0.39, 0.29) is 11.8 Å². The Balaban J connectivity index is 1.34. The van der Waals surface area contributed by atoms with Crippen molar-refractivity contribution in [1.29, 1.82) is 0 Å². The molecule has 4 aromatic carbocycles. The summed E-state index contributed by atoms with van der Waals surface area (Å²) in [5.74, 6) is 0.549. The maximum atomic E-state index is 13.9. The second-order valence-corrected chi connectivity index (χ2v) is 8.80. The summed E-state index contributed by atoms with van der Waals surface area (Å²) in [4.78, 5) is 31.0. The summed E-state index contributed by atoms with van der Waals surface area (Å²) in [6.45, 7) is 1.40. The third-order valence-corrected chi connectivity index (χ3v) is 6.88. The Morgan fingerprint density at radius 1 is 0.771 bits per heavy atom. The fourth-order valence-corrected chi connectivity index (χ4v) is 5.30. The summed E-state index contributed by atoms with van der Waals surface area (Å²) in [7, 11) is 0. The number of nitrogens with zero attached hydrogens (tertiary/aromatic N) is 2. The molecule has 0 radical (unpaired) electrons. The van der Waals surface area contributed by atoms with E-state index < -0.39 is 5.66 Å². The molecule has 1 unspecified atom stereocenters. The first-order valence-corrected chi connectivity index (χ1v) is 11.8. The van der Waals surface area contributed by atoms with E-state index >= 15 is 0 Å². The molecule has 5 nitrogen and oxygen atoms in total. The molecular formula is C30H24N2O3. The average Bonchev–Trinajstić information content (AvgIpc) is 3.44. The molecule has 5 heteroatoms. The fraction of sp³-hybridized carbons (Fsp3) is 0.133. The predicted octanol–water partition coefficient (Wildman–Crippen LogP) is 5.08. The van der Waals surface area contributed by atoms with Gasteiger partial charge in [0.15, 0.2) is 5.66 Å². The van der Waals surface area contributed by atoms with E-state index in [0.29, 0.717) is 36.6 Å². The van der Waals surface area contributed by atoms with E-state index in [9.17, 15) is 9.59 Å². The van der Waals surface area contributed by atoms with Crippen molar-refractivity contribution in [2.24, 2.45) is 0 Å². The number of carbonyl (C=O) groups is 2. The summed E-state index contributed by atoms with van der Waals surface area (Å²) >= 11 is 0. The third kappa shape index (κ3) is 3.31. The van der Waals surface area contributed by atoms with Gasteiger partial charge >= 0.3 is 0 Å². The monoisotopic (exact) mass is 460 g/mol. The van der Waals surface area contributed by atoms with Gasteiger partial charge in [0.25, 0.3) is 11.8 Å². The minimum atomic E-state index is -0.950. The standard InChI is InChI=1S/C30H24N2O3/c33-28(23-15-17-25(18-16-23)35-21-22-9-3-1-4-10-22)31-19-20-32-29(34)26-13-7-8-14-27(26)30(31,32)24-11-5-2-6-12-24/h1-18H,19-21H2. The van der Waals surface area contributed by atoms with Crippen LogP contribution >= 0.6 is 0 Å². The van der Waals surface area contributed by atoms with Crippen LogP contribution in [0.5, 0.6) is 5.75 Å². The molecule has 2 aliphatic rings. The quantitative estimate of drug-likeness (QED) is 0.417. The largest absolute Gasteiger partial charge is 0.489 e. The number of carbonyl (C=O) groups excluding carboxylic acids is 2. The van der Waals surface area contributed by atoms with Crippen LogP contribution in [0.25, 0.3) is 0 Å². The van der Waals surface area contributed by atoms with Crippen LogP contribution in [0.1, 0.15) is 37.4 Å². The number of rotatable bonds is 5. The zero-order valence-corrected chi connectivity index (χ0v) is 19.1. The van der Waals surface area contributed by atoms with Crippen molar-refractivity contribution in [1.82, 2.24) is 9.80 Å². The second kappa shape index (κ2) is 8.44. The van der Waals surface area contributed by atoms with Crippen molar-refractivity contribution in [2.75, 3.05) is 13.1 Å². The highest BCUT2D eigenvalue weighted by molar-refractivity contribution is 6.03. The normalized spacial score (nSPS) is 18.3. The Morgan fingerprint density at radius 2 is 1.43 bits per heavy atom. The van der Waals surface area contributed by atoms with E-state index in [1.165, 1.54) is 0 Å². The number of fused-ring (bicyclic) bond motifs is 3. The predicted molar refractivity (Wildman–Crippen MR) is 133 cm³/mol. The summed E-state index contributed by atoms with van der Waals surface area (Å²) in [5, 5.41) is 0. The van der Waals surface area contributed by atoms with Crippen molar-refractivity contribution in [3.63, 3.8) is 0 Å². The second-order valence-electron chi connectivity index (χ2n) is 8.80. The third-order valence-electron chi connectivity index (χ3n) is 6.88. The minimum Gasteiger partial charge on any atom is -0.489 e. The van der Waals surface area contributed by atoms with Gasteiger partial charge in [-0.25, -0.2) is 0 Å². The van der Waals surface area contributed by atoms with Crippen LogP contribution in [0.2, 0.25) is 0 Å². The first kappa shape index (κ1) is 21.2. The van der Waals surface area contributed by atoms with Crippen LogP contribution in [-0.2, 0) is 12.3 Å². The Hall–Kier alpha value is -4.38. The van der Waals surface area contributed by atoms with Crippen LogP contribution in [-0.4, -0.2) is 34.7 Å². The summed E-state index contributed by atoms with van der Waals surface area (Å²) in [5.41, 5.74) is 3.11. The van der Waals surface area contributed by atoms with Crippen LogP contribution < -0.4 is 4.74 Å². The fourth-order valence-electron chi connectivity index (χ4n) is 5.30. The molecule has 172 valence electrons. The first-order chi connectivity index (χ1) is 17.2. The molecule has 0 bridgehead atoms. The maximum Gasteiger partial charge on any atom is 0.256 e. The number of hydrogen-bond donors (Lipinski definition) is 0. The van der Waals surface area contributed by atoms with Gasteiger partial charge < -0.3 is 14.5 Å². The Morgan fingerprint density at radius 3 is 2.17 bits per heavy atom. The van der Waals surface area contributed by atoms with Crippen LogP contribution in [0.3, 0.4) is 0 Å². The van der Waals surface area contributed by atoms with E-state index in [0.717, 1.165) is 16.7 Å². The molecule has 6 rings (SSSR count). The maximum absolute atomic E-state index is 13.9. The van der Waals surface area contributed by atoms with Crippen molar-refractivity contribution in [3.05, 3.63) is 137 Å². The van der Waals surface area contributed by atoms with E-state index in [1.807, 2.05) is 107 Å². The molecule has 0 spiro atoms. The number of benzene rings is 4. The zero-order valence-electron chi connectivity index (χ0n) is 19.1. The average molecular weight is 461 g/mol. The molecule has 1 atom stereocenters. The van der Waals surface area contributed by atoms with Crippen LogP contribution in [0.4, 0.5) is 0 Å². The summed E-state index contributed by atoms with van der Waals surface area (Å²) in [6.07, 6.45) is 0. The molecule has 1 saturated heterocycles. The van der Waals surface area contributed by atoms with E-state index in [4.69, 9.17) is 4.74 Å². The molecule has 2 heterocycles. The molecule has 1 fully saturated rings. The number of hydrogen-bond acceptors (Lipinski definition) is 3. The molecule has 0 saturated carbocycles. The molecule has 2 aliphatic heterocycles. The van der Waals surface area contributed by atoms with Crippen molar-refractivity contribution >= 4 is 11.8 Å². The smallest absolute Gasteiger partial charge is 0.256 e. The van der Waals surface area contributed by atoms with Gasteiger partial charge in [-0.3, -0.25) is 9.59 Å². The summed E-state index contributed by atoms with van der Waals surface area (Å²) < 4.78 is 5.89. The van der Waals surface area contributed by atoms with E-state index in [2.05, 4.69) is 0 Å². The lowest BCUT2D eigenvalue weighted by Crippen LogP contribution is -2.51. The van der Waals surface area contributed by atoms with Gasteiger partial charge in [0.05, 0.1) is 0 Å². The molecule has 0 aromatic heterocycles. The van der Waals surface area contributed by atoms with E-state index in [1.54, 1.807) is 12.1 Å². The Labute approximate surface area is 204 Å². The van der Waals surface area contributed by atoms with Gasteiger partial charge in [-0.2, -0.15) is 0 Å². The van der Waals surface area contributed by atoms with Gasteiger partial charge in [-0.15, -0.1) is 0 Å². The number of amides is 2. The highest BCUT2D eigenvalue weighted by atomic mass is 16.5. The van der Waals surface area contributed by atoms with Gasteiger partial charge in [-0.1, -0.05) is 78.9 Å². The SMILES string of the molecule is O=C(c1ccc(OCc2ccccc2)cc1)N1CCN2C(=O)c3ccccc3C12c1ccccc1.